The second-order valence-corrected chi connectivity index (χ2v) is 10.2. The van der Waals surface area contributed by atoms with Crippen molar-refractivity contribution in [3.63, 3.8) is 0 Å². The molecule has 0 unspecified atom stereocenters. The number of thioether (sulfide) groups is 1. The molecule has 2 aromatic heterocycles. The van der Waals surface area contributed by atoms with Crippen LogP contribution in [0.15, 0.2) is 35.2 Å². The number of aromatic nitrogens is 2. The highest BCUT2D eigenvalue weighted by Gasteiger charge is 2.18. The highest BCUT2D eigenvalue weighted by atomic mass is 32.2. The number of nitrogen functional groups attached to an aromatic ring is 2. The maximum atomic E-state index is 10.0. The summed E-state index contributed by atoms with van der Waals surface area (Å²) in [6.07, 6.45) is 2.00. The lowest BCUT2D eigenvalue weighted by atomic mass is 10.1. The first-order valence-electron chi connectivity index (χ1n) is 10.4. The fourth-order valence-electron chi connectivity index (χ4n) is 3.00. The molecule has 2 heterocycles. The number of pyridine rings is 1. The molecule has 32 heavy (non-hydrogen) atoms. The van der Waals surface area contributed by atoms with Gasteiger partial charge in [0.15, 0.2) is 11.5 Å². The molecule has 5 N–H and O–H groups in total. The van der Waals surface area contributed by atoms with E-state index >= 15 is 0 Å². The molecule has 0 aliphatic carbocycles. The first-order chi connectivity index (χ1) is 15.2. The molecule has 0 aliphatic rings. The van der Waals surface area contributed by atoms with Crippen LogP contribution >= 0.6 is 23.1 Å². The molecule has 0 fully saturated rings. The van der Waals surface area contributed by atoms with Crippen molar-refractivity contribution in [1.82, 2.24) is 9.97 Å². The molecule has 0 amide bonds. The van der Waals surface area contributed by atoms with Gasteiger partial charge in [0.05, 0.1) is 18.4 Å². The third-order valence-electron chi connectivity index (χ3n) is 4.46. The Morgan fingerprint density at radius 2 is 1.81 bits per heavy atom. The number of aryl methyl sites for hydroxylation is 1. The Balaban J connectivity index is 1.86. The van der Waals surface area contributed by atoms with E-state index in [1.165, 1.54) is 4.88 Å². The topological polar surface area (TPSA) is 117 Å². The predicted molar refractivity (Wildman–Crippen MR) is 133 cm³/mol. The van der Waals surface area contributed by atoms with Crippen LogP contribution in [0.2, 0.25) is 0 Å². The zero-order valence-corrected chi connectivity index (χ0v) is 20.5. The van der Waals surface area contributed by atoms with Gasteiger partial charge in [0.25, 0.3) is 0 Å². The Hall–Kier alpha value is -2.49. The van der Waals surface area contributed by atoms with E-state index in [2.05, 4.69) is 11.9 Å². The Labute approximate surface area is 197 Å². The summed E-state index contributed by atoms with van der Waals surface area (Å²) in [6.45, 7) is 5.73. The lowest BCUT2D eigenvalue weighted by Gasteiger charge is -2.19. The second kappa shape index (κ2) is 10.4. The Morgan fingerprint density at radius 3 is 2.44 bits per heavy atom. The molecule has 0 saturated heterocycles. The minimum absolute atomic E-state index is 0.159. The molecule has 0 bridgehead atoms. The first kappa shape index (κ1) is 24.2. The number of thiazole rings is 1. The van der Waals surface area contributed by atoms with E-state index in [9.17, 15) is 5.11 Å². The van der Waals surface area contributed by atoms with E-state index in [0.717, 1.165) is 34.0 Å². The average molecular weight is 475 g/mol. The van der Waals surface area contributed by atoms with E-state index in [4.69, 9.17) is 25.9 Å². The largest absolute Gasteiger partial charge is 0.493 e. The third kappa shape index (κ3) is 6.51. The molecular formula is C23H30N4O3S2. The number of methoxy groups -OCH3 is 1. The van der Waals surface area contributed by atoms with E-state index in [-0.39, 0.29) is 6.61 Å². The molecule has 0 atom stereocenters. The highest BCUT2D eigenvalue weighted by Crippen LogP contribution is 2.37. The van der Waals surface area contributed by atoms with Crippen molar-refractivity contribution in [2.45, 2.75) is 49.9 Å². The highest BCUT2D eigenvalue weighted by molar-refractivity contribution is 7.98. The van der Waals surface area contributed by atoms with Crippen LogP contribution in [-0.4, -0.2) is 34.4 Å². The molecule has 172 valence electrons. The lowest BCUT2D eigenvalue weighted by molar-refractivity contribution is 0.0276. The van der Waals surface area contributed by atoms with Crippen LogP contribution < -0.4 is 20.9 Å². The fraction of sp³-hybridized carbons (Fsp3) is 0.391. The van der Waals surface area contributed by atoms with Crippen molar-refractivity contribution in [3.8, 4) is 22.1 Å². The summed E-state index contributed by atoms with van der Waals surface area (Å²) >= 11 is 3.33. The van der Waals surface area contributed by atoms with Crippen LogP contribution in [0.4, 0.5) is 11.6 Å². The zero-order valence-electron chi connectivity index (χ0n) is 18.8. The number of nitrogens with two attached hydrogens (primary N) is 2. The third-order valence-corrected chi connectivity index (χ3v) is 6.65. The van der Waals surface area contributed by atoms with Crippen molar-refractivity contribution < 1.29 is 14.6 Å². The molecule has 0 radical (unpaired) electrons. The molecule has 3 rings (SSSR count). The van der Waals surface area contributed by atoms with Gasteiger partial charge in [0.2, 0.25) is 0 Å². The SMILES string of the molecule is CCCc1sc(-c2ccc(OC)c(OCC(C)(C)O)c2)nc1CSc1cc(N)nc(N)c1. The molecule has 0 saturated carbocycles. The van der Waals surface area contributed by atoms with Crippen molar-refractivity contribution in [3.05, 3.63) is 40.9 Å². The number of ether oxygens (including phenoxy) is 2. The quantitative estimate of drug-likeness (QED) is 0.360. The Kier molecular flexibility index (Phi) is 7.86. The average Bonchev–Trinajstić information content (AvgIpc) is 3.12. The predicted octanol–water partition coefficient (Wildman–Crippen LogP) is 4.77. The van der Waals surface area contributed by atoms with Crippen LogP contribution in [0, 0.1) is 0 Å². The van der Waals surface area contributed by atoms with Gasteiger partial charge in [0, 0.05) is 21.1 Å². The van der Waals surface area contributed by atoms with Gasteiger partial charge < -0.3 is 26.0 Å². The van der Waals surface area contributed by atoms with Crippen LogP contribution in [0.1, 0.15) is 37.8 Å². The number of benzene rings is 1. The number of rotatable bonds is 10. The number of hydrogen-bond acceptors (Lipinski definition) is 9. The van der Waals surface area contributed by atoms with Crippen LogP contribution in [-0.2, 0) is 12.2 Å². The molecule has 3 aromatic rings. The summed E-state index contributed by atoms with van der Waals surface area (Å²) in [4.78, 5) is 11.2. The second-order valence-electron chi connectivity index (χ2n) is 8.05. The maximum absolute atomic E-state index is 10.0. The fourth-order valence-corrected chi connectivity index (χ4v) is 5.22. The zero-order chi connectivity index (χ0) is 23.3. The lowest BCUT2D eigenvalue weighted by Crippen LogP contribution is -2.27. The molecule has 0 spiro atoms. The van der Waals surface area contributed by atoms with Gasteiger partial charge in [-0.2, -0.15) is 0 Å². The van der Waals surface area contributed by atoms with E-state index in [0.29, 0.717) is 28.9 Å². The summed E-state index contributed by atoms with van der Waals surface area (Å²) < 4.78 is 11.3. The van der Waals surface area contributed by atoms with Gasteiger partial charge in [-0.15, -0.1) is 23.1 Å². The van der Waals surface area contributed by atoms with Gasteiger partial charge >= 0.3 is 0 Å². The molecule has 1 aromatic carbocycles. The summed E-state index contributed by atoms with van der Waals surface area (Å²) in [5.74, 6) is 2.74. The maximum Gasteiger partial charge on any atom is 0.162 e. The van der Waals surface area contributed by atoms with Crippen molar-refractivity contribution in [2.75, 3.05) is 25.2 Å². The minimum Gasteiger partial charge on any atom is -0.493 e. The Morgan fingerprint density at radius 1 is 1.09 bits per heavy atom. The Bertz CT molecular complexity index is 1040. The van der Waals surface area contributed by atoms with Gasteiger partial charge in [-0.05, 0) is 50.6 Å². The standard InChI is InChI=1S/C23H30N4O3S2/c1-5-6-19-16(12-31-15-10-20(24)27-21(25)11-15)26-22(32-19)14-7-8-17(29-4)18(9-14)30-13-23(2,3)28/h7-11,28H,5-6,12-13H2,1-4H3,(H4,24,25,27). The normalized spacial score (nSPS) is 11.5. The van der Waals surface area contributed by atoms with Crippen LogP contribution in [0.25, 0.3) is 10.6 Å². The van der Waals surface area contributed by atoms with Gasteiger partial charge in [-0.3, -0.25) is 0 Å². The summed E-state index contributed by atoms with van der Waals surface area (Å²) in [7, 11) is 1.60. The smallest absolute Gasteiger partial charge is 0.162 e. The van der Waals surface area contributed by atoms with Crippen molar-refractivity contribution in [2.24, 2.45) is 0 Å². The van der Waals surface area contributed by atoms with Crippen LogP contribution in [0.3, 0.4) is 0 Å². The summed E-state index contributed by atoms with van der Waals surface area (Å²) in [5, 5.41) is 10.9. The van der Waals surface area contributed by atoms with E-state index in [1.54, 1.807) is 44.1 Å². The molecular weight excluding hydrogens is 444 g/mol. The van der Waals surface area contributed by atoms with E-state index in [1.807, 2.05) is 30.3 Å². The van der Waals surface area contributed by atoms with Gasteiger partial charge in [-0.25, -0.2) is 9.97 Å². The minimum atomic E-state index is -0.944. The monoisotopic (exact) mass is 474 g/mol. The molecule has 0 aliphatic heterocycles. The first-order valence-corrected chi connectivity index (χ1v) is 12.2. The van der Waals surface area contributed by atoms with Crippen LogP contribution in [0.5, 0.6) is 11.5 Å². The van der Waals surface area contributed by atoms with E-state index < -0.39 is 5.60 Å². The summed E-state index contributed by atoms with van der Waals surface area (Å²) in [6, 6.07) is 9.41. The number of hydrogen-bond donors (Lipinski definition) is 3. The number of anilines is 2. The number of aliphatic hydroxyl groups is 1. The molecule has 9 heteroatoms. The number of nitrogens with zero attached hydrogens (tertiary/aromatic N) is 2. The van der Waals surface area contributed by atoms with Crippen molar-refractivity contribution >= 4 is 34.7 Å². The van der Waals surface area contributed by atoms with Gasteiger partial charge in [0.1, 0.15) is 23.3 Å². The summed E-state index contributed by atoms with van der Waals surface area (Å²) in [5.41, 5.74) is 12.7. The van der Waals surface area contributed by atoms with Crippen molar-refractivity contribution in [1.29, 1.82) is 0 Å². The molecule has 7 nitrogen and oxygen atoms in total. The van der Waals surface area contributed by atoms with Gasteiger partial charge in [-0.1, -0.05) is 13.3 Å².